The first-order valence-electron chi connectivity index (χ1n) is 5.08. The third kappa shape index (κ3) is 2.86. The maximum atomic E-state index is 10.4. The summed E-state index contributed by atoms with van der Waals surface area (Å²) in [5.74, 6) is 0.0343. The predicted octanol–water partition coefficient (Wildman–Crippen LogP) is 2.80. The van der Waals surface area contributed by atoms with E-state index in [9.17, 15) is 4.79 Å². The van der Waals surface area contributed by atoms with Crippen LogP contribution in [0.5, 0.6) is 5.75 Å². The monoisotopic (exact) mass is 220 g/mol. The molecule has 0 aliphatic carbocycles. The van der Waals surface area contributed by atoms with E-state index in [0.29, 0.717) is 0 Å². The number of carboxylic acids is 1. The summed E-state index contributed by atoms with van der Waals surface area (Å²) in [5, 5.41) is 8.53. The Morgan fingerprint density at radius 3 is 2.62 bits per heavy atom. The lowest BCUT2D eigenvalue weighted by molar-refractivity contribution is -0.135. The van der Waals surface area contributed by atoms with Crippen molar-refractivity contribution < 1.29 is 14.6 Å². The minimum absolute atomic E-state index is 0.0461. The number of benzene rings is 1. The lowest BCUT2D eigenvalue weighted by Crippen LogP contribution is -1.93. The van der Waals surface area contributed by atoms with Gasteiger partial charge in [-0.1, -0.05) is 18.2 Å². The van der Waals surface area contributed by atoms with E-state index in [0.717, 1.165) is 22.4 Å². The summed E-state index contributed by atoms with van der Waals surface area (Å²) in [5.41, 5.74) is 3.22. The molecule has 0 bridgehead atoms. The van der Waals surface area contributed by atoms with E-state index in [1.165, 1.54) is 0 Å². The fourth-order valence-corrected chi connectivity index (χ4v) is 1.51. The van der Waals surface area contributed by atoms with Gasteiger partial charge < -0.3 is 9.84 Å². The lowest BCUT2D eigenvalue weighted by atomic mass is 10.0. The van der Waals surface area contributed by atoms with E-state index in [2.05, 4.69) is 0 Å². The first-order chi connectivity index (χ1) is 7.56. The van der Waals surface area contributed by atoms with Crippen molar-refractivity contribution in [3.63, 3.8) is 0 Å². The van der Waals surface area contributed by atoms with Crippen LogP contribution < -0.4 is 4.74 Å². The van der Waals surface area contributed by atoms with Gasteiger partial charge in [0, 0.05) is 0 Å². The molecule has 0 aromatic heterocycles. The van der Waals surface area contributed by atoms with Gasteiger partial charge in [0.2, 0.25) is 0 Å². The second-order valence-corrected chi connectivity index (χ2v) is 3.61. The van der Waals surface area contributed by atoms with Crippen molar-refractivity contribution in [3.05, 3.63) is 34.9 Å². The minimum atomic E-state index is -0.820. The first kappa shape index (κ1) is 12.3. The van der Waals surface area contributed by atoms with Gasteiger partial charge in [0.25, 0.3) is 0 Å². The molecule has 86 valence electrons. The Morgan fingerprint density at radius 1 is 1.38 bits per heavy atom. The van der Waals surface area contributed by atoms with E-state index in [4.69, 9.17) is 9.84 Å². The van der Waals surface area contributed by atoms with Crippen LogP contribution in [0.25, 0.3) is 6.08 Å². The molecule has 0 amide bonds. The van der Waals surface area contributed by atoms with Crippen LogP contribution in [-0.2, 0) is 4.79 Å². The number of ether oxygens (including phenoxy) is 1. The second-order valence-electron chi connectivity index (χ2n) is 3.61. The molecule has 0 spiro atoms. The number of hydrogen-bond donors (Lipinski definition) is 1. The summed E-state index contributed by atoms with van der Waals surface area (Å²) >= 11 is 0. The Bertz CT molecular complexity index is 419. The second kappa shape index (κ2) is 5.35. The molecule has 0 heterocycles. The molecule has 0 atom stereocenters. The van der Waals surface area contributed by atoms with E-state index < -0.39 is 5.97 Å². The zero-order valence-corrected chi connectivity index (χ0v) is 9.78. The third-order valence-electron chi connectivity index (χ3n) is 2.59. The van der Waals surface area contributed by atoms with Crippen LogP contribution in [0.1, 0.15) is 23.1 Å². The molecule has 1 N–H and O–H groups in total. The van der Waals surface area contributed by atoms with Gasteiger partial charge in [0.05, 0.1) is 13.5 Å². The van der Waals surface area contributed by atoms with Crippen molar-refractivity contribution in [2.45, 2.75) is 20.3 Å². The standard InChI is InChI=1S/C13H16O3/c1-9-10(2)12(16-3)8-7-11(9)5-4-6-13(14)15/h4-5,7-8H,6H2,1-3H3,(H,14,15)/b5-4+. The van der Waals surface area contributed by atoms with Gasteiger partial charge in [-0.3, -0.25) is 4.79 Å². The third-order valence-corrected chi connectivity index (χ3v) is 2.59. The lowest BCUT2D eigenvalue weighted by Gasteiger charge is -2.09. The molecule has 1 rings (SSSR count). The Morgan fingerprint density at radius 2 is 2.06 bits per heavy atom. The predicted molar refractivity (Wildman–Crippen MR) is 63.8 cm³/mol. The highest BCUT2D eigenvalue weighted by Crippen LogP contribution is 2.24. The van der Waals surface area contributed by atoms with Crippen molar-refractivity contribution >= 4 is 12.0 Å². The van der Waals surface area contributed by atoms with E-state index >= 15 is 0 Å². The van der Waals surface area contributed by atoms with Crippen LogP contribution in [0.15, 0.2) is 18.2 Å². The molecular formula is C13H16O3. The zero-order chi connectivity index (χ0) is 12.1. The minimum Gasteiger partial charge on any atom is -0.496 e. The molecule has 3 heteroatoms. The van der Waals surface area contributed by atoms with Crippen molar-refractivity contribution in [3.8, 4) is 5.75 Å². The van der Waals surface area contributed by atoms with Gasteiger partial charge in [-0.2, -0.15) is 0 Å². The Hall–Kier alpha value is -1.77. The molecule has 0 aliphatic rings. The summed E-state index contributed by atoms with van der Waals surface area (Å²) in [4.78, 5) is 10.4. The number of methoxy groups -OCH3 is 1. The van der Waals surface area contributed by atoms with Crippen LogP contribution >= 0.6 is 0 Å². The highest BCUT2D eigenvalue weighted by Gasteiger charge is 2.04. The molecule has 0 radical (unpaired) electrons. The number of aliphatic carboxylic acids is 1. The molecule has 0 fully saturated rings. The van der Waals surface area contributed by atoms with E-state index in [1.54, 1.807) is 13.2 Å². The van der Waals surface area contributed by atoms with Crippen molar-refractivity contribution in [1.29, 1.82) is 0 Å². The Balaban J connectivity index is 2.94. The fraction of sp³-hybridized carbons (Fsp3) is 0.308. The number of carboxylic acid groups (broad SMARTS) is 1. The normalized spacial score (nSPS) is 10.7. The Labute approximate surface area is 95.4 Å². The molecule has 3 nitrogen and oxygen atoms in total. The number of rotatable bonds is 4. The van der Waals surface area contributed by atoms with Gasteiger partial charge in [0.1, 0.15) is 5.75 Å². The van der Waals surface area contributed by atoms with Crippen LogP contribution in [0.2, 0.25) is 0 Å². The summed E-state index contributed by atoms with van der Waals surface area (Å²) in [7, 11) is 1.64. The van der Waals surface area contributed by atoms with Gasteiger partial charge in [-0.15, -0.1) is 0 Å². The Kier molecular flexibility index (Phi) is 4.11. The van der Waals surface area contributed by atoms with Gasteiger partial charge in [0.15, 0.2) is 0 Å². The fourth-order valence-electron chi connectivity index (χ4n) is 1.51. The molecule has 0 saturated carbocycles. The molecule has 0 aliphatic heterocycles. The van der Waals surface area contributed by atoms with Crippen LogP contribution in [-0.4, -0.2) is 18.2 Å². The first-order valence-corrected chi connectivity index (χ1v) is 5.08. The molecule has 16 heavy (non-hydrogen) atoms. The average molecular weight is 220 g/mol. The van der Waals surface area contributed by atoms with Crippen LogP contribution in [0, 0.1) is 13.8 Å². The molecule has 1 aromatic rings. The maximum absolute atomic E-state index is 10.4. The van der Waals surface area contributed by atoms with Gasteiger partial charge in [-0.25, -0.2) is 0 Å². The van der Waals surface area contributed by atoms with Gasteiger partial charge in [-0.05, 0) is 36.6 Å². The highest BCUT2D eigenvalue weighted by molar-refractivity contribution is 5.71. The molecule has 0 unspecified atom stereocenters. The largest absolute Gasteiger partial charge is 0.496 e. The topological polar surface area (TPSA) is 46.5 Å². The molecule has 1 aromatic carbocycles. The summed E-state index contributed by atoms with van der Waals surface area (Å²) in [6.07, 6.45) is 3.52. The van der Waals surface area contributed by atoms with Gasteiger partial charge >= 0.3 is 5.97 Å². The summed E-state index contributed by atoms with van der Waals surface area (Å²) in [6, 6.07) is 3.82. The van der Waals surface area contributed by atoms with Crippen LogP contribution in [0.3, 0.4) is 0 Å². The quantitative estimate of drug-likeness (QED) is 0.848. The van der Waals surface area contributed by atoms with E-state index in [1.807, 2.05) is 32.1 Å². The molecular weight excluding hydrogens is 204 g/mol. The SMILES string of the molecule is COc1ccc(/C=C/CC(=O)O)c(C)c1C. The zero-order valence-electron chi connectivity index (χ0n) is 9.78. The number of carbonyl (C=O) groups is 1. The maximum Gasteiger partial charge on any atom is 0.307 e. The van der Waals surface area contributed by atoms with Crippen molar-refractivity contribution in [1.82, 2.24) is 0 Å². The molecule has 0 saturated heterocycles. The average Bonchev–Trinajstić information content (AvgIpc) is 2.24. The highest BCUT2D eigenvalue weighted by atomic mass is 16.5. The summed E-state index contributed by atoms with van der Waals surface area (Å²) < 4.78 is 5.21. The summed E-state index contributed by atoms with van der Waals surface area (Å²) in [6.45, 7) is 3.99. The van der Waals surface area contributed by atoms with Crippen molar-refractivity contribution in [2.75, 3.05) is 7.11 Å². The number of hydrogen-bond acceptors (Lipinski definition) is 2. The van der Waals surface area contributed by atoms with E-state index in [-0.39, 0.29) is 6.42 Å². The van der Waals surface area contributed by atoms with Crippen LogP contribution in [0.4, 0.5) is 0 Å². The van der Waals surface area contributed by atoms with Crippen molar-refractivity contribution in [2.24, 2.45) is 0 Å². The smallest absolute Gasteiger partial charge is 0.307 e.